The average Bonchev–Trinajstić information content (AvgIpc) is 2.14. The Morgan fingerprint density at radius 3 is 2.47 bits per heavy atom. The van der Waals surface area contributed by atoms with E-state index < -0.39 is 15.9 Å². The highest BCUT2D eigenvalue weighted by Gasteiger charge is 2.19. The highest BCUT2D eigenvalue weighted by atomic mass is 35.5. The van der Waals surface area contributed by atoms with E-state index in [0.29, 0.717) is 12.0 Å². The van der Waals surface area contributed by atoms with Gasteiger partial charge in [0.05, 0.1) is 18.2 Å². The molecule has 4 nitrogen and oxygen atoms in total. The molecule has 96 valence electrons. The van der Waals surface area contributed by atoms with Crippen LogP contribution in [0.3, 0.4) is 0 Å². The quantitative estimate of drug-likeness (QED) is 0.910. The molecule has 0 radical (unpaired) electrons. The van der Waals surface area contributed by atoms with Gasteiger partial charge >= 0.3 is 0 Å². The standard InChI is InChI=1S/C11H15ClO4S/c1-7(13)4-8-5-9(12)11(16-2)10(6-8)17(3,14)15/h5-7,13H,4H2,1-3H3. The second-order valence-electron chi connectivity index (χ2n) is 3.93. The van der Waals surface area contributed by atoms with Crippen LogP contribution in [-0.4, -0.2) is 33.0 Å². The van der Waals surface area contributed by atoms with Crippen molar-refractivity contribution in [2.75, 3.05) is 13.4 Å². The molecular weight excluding hydrogens is 264 g/mol. The summed E-state index contributed by atoms with van der Waals surface area (Å²) in [5.41, 5.74) is 0.659. The number of halogens is 1. The Morgan fingerprint density at radius 2 is 2.06 bits per heavy atom. The SMILES string of the molecule is COc1c(Cl)cc(CC(C)O)cc1S(C)(=O)=O. The Labute approximate surface area is 106 Å². The lowest BCUT2D eigenvalue weighted by molar-refractivity contribution is 0.195. The number of benzene rings is 1. The summed E-state index contributed by atoms with van der Waals surface area (Å²) in [6.07, 6.45) is 0.867. The molecule has 0 aliphatic heterocycles. The lowest BCUT2D eigenvalue weighted by Crippen LogP contribution is -2.07. The number of aliphatic hydroxyl groups is 1. The zero-order valence-corrected chi connectivity index (χ0v) is 11.5. The van der Waals surface area contributed by atoms with E-state index in [9.17, 15) is 13.5 Å². The molecule has 0 saturated heterocycles. The maximum absolute atomic E-state index is 11.6. The van der Waals surface area contributed by atoms with E-state index in [1.54, 1.807) is 13.0 Å². The second-order valence-corrected chi connectivity index (χ2v) is 6.33. The minimum Gasteiger partial charge on any atom is -0.494 e. The van der Waals surface area contributed by atoms with Gasteiger partial charge in [-0.15, -0.1) is 0 Å². The highest BCUT2D eigenvalue weighted by molar-refractivity contribution is 7.90. The zero-order chi connectivity index (χ0) is 13.2. The molecule has 0 saturated carbocycles. The Hall–Kier alpha value is -0.780. The van der Waals surface area contributed by atoms with Crippen LogP contribution in [0.15, 0.2) is 17.0 Å². The van der Waals surface area contributed by atoms with Crippen LogP contribution < -0.4 is 4.74 Å². The molecule has 1 aromatic rings. The van der Waals surface area contributed by atoms with Crippen molar-refractivity contribution in [1.29, 1.82) is 0 Å². The third kappa shape index (κ3) is 3.59. The molecule has 0 aromatic heterocycles. The molecule has 1 aromatic carbocycles. The molecule has 0 spiro atoms. The van der Waals surface area contributed by atoms with Crippen LogP contribution in [0.5, 0.6) is 5.75 Å². The normalized spacial score (nSPS) is 13.5. The van der Waals surface area contributed by atoms with Gasteiger partial charge in [-0.1, -0.05) is 11.6 Å². The molecule has 17 heavy (non-hydrogen) atoms. The summed E-state index contributed by atoms with van der Waals surface area (Å²) in [7, 11) is -2.05. The number of hydrogen-bond acceptors (Lipinski definition) is 4. The van der Waals surface area contributed by atoms with E-state index in [2.05, 4.69) is 0 Å². The van der Waals surface area contributed by atoms with Crippen LogP contribution in [0.2, 0.25) is 5.02 Å². The third-order valence-corrected chi connectivity index (χ3v) is 3.59. The van der Waals surface area contributed by atoms with Crippen molar-refractivity contribution in [3.63, 3.8) is 0 Å². The predicted octanol–water partition coefficient (Wildman–Crippen LogP) is 1.68. The minimum atomic E-state index is -3.42. The fraction of sp³-hybridized carbons (Fsp3) is 0.455. The zero-order valence-electron chi connectivity index (χ0n) is 9.90. The Balaban J connectivity index is 3.39. The van der Waals surface area contributed by atoms with E-state index in [1.165, 1.54) is 13.2 Å². The molecule has 1 atom stereocenters. The van der Waals surface area contributed by atoms with E-state index in [1.807, 2.05) is 0 Å². The monoisotopic (exact) mass is 278 g/mol. The molecule has 1 rings (SSSR count). The molecule has 1 N–H and O–H groups in total. The van der Waals surface area contributed by atoms with Gasteiger partial charge in [0.15, 0.2) is 15.6 Å². The number of ether oxygens (including phenoxy) is 1. The number of methoxy groups -OCH3 is 1. The van der Waals surface area contributed by atoms with E-state index in [4.69, 9.17) is 16.3 Å². The largest absolute Gasteiger partial charge is 0.494 e. The van der Waals surface area contributed by atoms with Crippen LogP contribution in [0.25, 0.3) is 0 Å². The minimum absolute atomic E-state index is 0.0446. The van der Waals surface area contributed by atoms with Crippen LogP contribution >= 0.6 is 11.6 Å². The third-order valence-electron chi connectivity index (χ3n) is 2.20. The van der Waals surface area contributed by atoms with Crippen molar-refractivity contribution >= 4 is 21.4 Å². The second kappa shape index (κ2) is 5.25. The lowest BCUT2D eigenvalue weighted by atomic mass is 10.1. The fourth-order valence-electron chi connectivity index (χ4n) is 1.55. The first-order chi connectivity index (χ1) is 7.75. The van der Waals surface area contributed by atoms with E-state index in [0.717, 1.165) is 6.26 Å². The Morgan fingerprint density at radius 1 is 1.47 bits per heavy atom. The molecule has 0 aliphatic rings. The molecule has 0 heterocycles. The number of hydrogen-bond donors (Lipinski definition) is 1. The summed E-state index contributed by atoms with van der Waals surface area (Å²) >= 11 is 5.95. The first-order valence-corrected chi connectivity index (χ1v) is 7.27. The van der Waals surface area contributed by atoms with Crippen molar-refractivity contribution in [1.82, 2.24) is 0 Å². The van der Waals surface area contributed by atoms with Crippen LogP contribution in [0, 0.1) is 0 Å². The summed E-state index contributed by atoms with van der Waals surface area (Å²) < 4.78 is 28.2. The van der Waals surface area contributed by atoms with Gasteiger partial charge in [-0.05, 0) is 31.0 Å². The van der Waals surface area contributed by atoms with Gasteiger partial charge < -0.3 is 9.84 Å². The average molecular weight is 279 g/mol. The number of rotatable bonds is 4. The molecule has 1 unspecified atom stereocenters. The van der Waals surface area contributed by atoms with Gasteiger partial charge in [0.1, 0.15) is 4.90 Å². The Kier molecular flexibility index (Phi) is 4.41. The first-order valence-electron chi connectivity index (χ1n) is 5.00. The molecule has 0 fully saturated rings. The van der Waals surface area contributed by atoms with Crippen LogP contribution in [-0.2, 0) is 16.3 Å². The van der Waals surface area contributed by atoms with Crippen molar-refractivity contribution < 1.29 is 18.3 Å². The maximum Gasteiger partial charge on any atom is 0.179 e. The lowest BCUT2D eigenvalue weighted by Gasteiger charge is -2.12. The molecule has 0 bridgehead atoms. The molecule has 0 aliphatic carbocycles. The predicted molar refractivity (Wildman–Crippen MR) is 66.5 cm³/mol. The topological polar surface area (TPSA) is 63.6 Å². The smallest absolute Gasteiger partial charge is 0.179 e. The van der Waals surface area contributed by atoms with E-state index in [-0.39, 0.29) is 15.7 Å². The Bertz CT molecular complexity index is 508. The molecule has 6 heteroatoms. The van der Waals surface area contributed by atoms with Crippen LogP contribution in [0.1, 0.15) is 12.5 Å². The van der Waals surface area contributed by atoms with Gasteiger partial charge in [-0.2, -0.15) is 0 Å². The summed E-state index contributed by atoms with van der Waals surface area (Å²) in [6, 6.07) is 3.08. The van der Waals surface area contributed by atoms with Gasteiger partial charge in [-0.25, -0.2) is 8.42 Å². The first kappa shape index (κ1) is 14.3. The number of sulfone groups is 1. The van der Waals surface area contributed by atoms with Gasteiger partial charge in [-0.3, -0.25) is 0 Å². The van der Waals surface area contributed by atoms with Crippen molar-refractivity contribution in [3.8, 4) is 5.75 Å². The maximum atomic E-state index is 11.6. The molecular formula is C11H15ClO4S. The number of aliphatic hydroxyl groups excluding tert-OH is 1. The molecule has 0 amide bonds. The highest BCUT2D eigenvalue weighted by Crippen LogP contribution is 2.33. The van der Waals surface area contributed by atoms with Gasteiger partial charge in [0.25, 0.3) is 0 Å². The summed E-state index contributed by atoms with van der Waals surface area (Å²) in [5, 5.41) is 9.52. The van der Waals surface area contributed by atoms with Crippen molar-refractivity contribution in [3.05, 3.63) is 22.7 Å². The van der Waals surface area contributed by atoms with Gasteiger partial charge in [0, 0.05) is 6.26 Å². The van der Waals surface area contributed by atoms with Gasteiger partial charge in [0.2, 0.25) is 0 Å². The summed E-state index contributed by atoms with van der Waals surface area (Å²) in [5.74, 6) is 0.142. The summed E-state index contributed by atoms with van der Waals surface area (Å²) in [6.45, 7) is 1.62. The summed E-state index contributed by atoms with van der Waals surface area (Å²) in [4.78, 5) is 0.0446. The fourth-order valence-corrected chi connectivity index (χ4v) is 2.82. The van der Waals surface area contributed by atoms with Crippen molar-refractivity contribution in [2.24, 2.45) is 0 Å². The van der Waals surface area contributed by atoms with Crippen molar-refractivity contribution in [2.45, 2.75) is 24.3 Å². The van der Waals surface area contributed by atoms with Crippen LogP contribution in [0.4, 0.5) is 0 Å². The van der Waals surface area contributed by atoms with E-state index >= 15 is 0 Å².